The number of Topliss-reactive ketones (excluding diaryl/α,β-unsaturated/α-hetero) is 3. The number of nitrogens with zero attached hydrogens (tertiary/aromatic N) is 1. The molecule has 384 valence electrons. The Kier molecular flexibility index (Phi) is 22.9. The van der Waals surface area contributed by atoms with Gasteiger partial charge in [-0.3, -0.25) is 19.2 Å². The van der Waals surface area contributed by atoms with Gasteiger partial charge in [0.15, 0.2) is 5.78 Å². The van der Waals surface area contributed by atoms with Gasteiger partial charge >= 0.3 is 5.97 Å². The molecular formula is C53H83NO14. The second kappa shape index (κ2) is 27.3. The molecule has 2 bridgehead atoms. The first-order valence-electron chi connectivity index (χ1n) is 25.2. The number of carbonyl (C=O) groups excluding carboxylic acids is 5. The summed E-state index contributed by atoms with van der Waals surface area (Å²) in [5.74, 6) is -8.81. The van der Waals surface area contributed by atoms with Gasteiger partial charge in [-0.1, -0.05) is 76.6 Å². The number of fused-ring (bicyclic) bond motifs is 3. The van der Waals surface area contributed by atoms with Crippen LogP contribution in [0.25, 0.3) is 0 Å². The number of piperidine rings is 1. The molecule has 3 heterocycles. The smallest absolute Gasteiger partial charge is 0.329 e. The minimum atomic E-state index is -2.47. The first-order valence-corrected chi connectivity index (χ1v) is 25.2. The zero-order valence-electron chi connectivity index (χ0n) is 41.9. The average molecular weight is 958 g/mol. The quantitative estimate of drug-likeness (QED) is 0.111. The highest BCUT2D eigenvalue weighted by Gasteiger charge is 2.53. The maximum absolute atomic E-state index is 14.4. The molecule has 2 saturated heterocycles. The van der Waals surface area contributed by atoms with Crippen molar-refractivity contribution in [1.82, 2.24) is 4.90 Å². The number of ether oxygens (including phenoxy) is 4. The Balaban J connectivity index is 1.70. The molecule has 1 aliphatic carbocycles. The van der Waals surface area contributed by atoms with E-state index in [1.54, 1.807) is 33.8 Å². The van der Waals surface area contributed by atoms with Crippen LogP contribution in [0.5, 0.6) is 0 Å². The van der Waals surface area contributed by atoms with Gasteiger partial charge in [0.05, 0.1) is 25.4 Å². The summed E-state index contributed by atoms with van der Waals surface area (Å²) < 4.78 is 23.8. The van der Waals surface area contributed by atoms with Crippen molar-refractivity contribution < 1.29 is 68.5 Å². The zero-order valence-corrected chi connectivity index (χ0v) is 41.9. The molecule has 68 heavy (non-hydrogen) atoms. The summed E-state index contributed by atoms with van der Waals surface area (Å²) in [5.41, 5.74) is 1.22. The first kappa shape index (κ1) is 57.2. The van der Waals surface area contributed by atoms with Gasteiger partial charge in [-0.15, -0.1) is 0 Å². The molecule has 0 radical (unpaired) electrons. The van der Waals surface area contributed by atoms with E-state index in [0.717, 1.165) is 12.0 Å². The molecule has 0 spiro atoms. The topological polar surface area (TPSA) is 227 Å². The number of methoxy groups -OCH3 is 1. The number of hydrogen-bond donors (Lipinski definition) is 5. The van der Waals surface area contributed by atoms with Crippen molar-refractivity contribution in [2.45, 2.75) is 168 Å². The molecule has 15 heteroatoms. The molecule has 1 amide bonds. The zero-order chi connectivity index (χ0) is 50.3. The van der Waals surface area contributed by atoms with Crippen LogP contribution in [0.2, 0.25) is 0 Å². The van der Waals surface area contributed by atoms with Gasteiger partial charge < -0.3 is 49.4 Å². The van der Waals surface area contributed by atoms with Crippen LogP contribution in [-0.4, -0.2) is 142 Å². The highest BCUT2D eigenvalue weighted by molar-refractivity contribution is 6.39. The molecule has 3 aliphatic heterocycles. The van der Waals surface area contributed by atoms with E-state index in [2.05, 4.69) is 0 Å². The molecule has 0 aromatic heterocycles. The number of ketones is 3. The molecule has 1 saturated carbocycles. The fraction of sp³-hybridized carbons (Fsp3) is 0.755. The molecule has 0 aromatic carbocycles. The SMILES string of the molecule is COC1C(=O)C(C)C[C@H](C)/C=C/C=C/C=C(\C)[C@@H](CO)C[C@@H]2CC[C@@H](C)[C@@](O)(O2)C(=O)C(=O)N2CCCC[C@H]2C(=O)O[C@H]([C@H](C)C[C@@H]2CC[C@@H](OCCO)[C@H](CO)C2)CC(=O)[C@H](C)/C=C(\C)[C@H]1O. The summed E-state index contributed by atoms with van der Waals surface area (Å²) in [7, 11) is 1.37. The fourth-order valence-corrected chi connectivity index (χ4v) is 10.7. The number of amides is 1. The normalized spacial score (nSPS) is 39.2. The third kappa shape index (κ3) is 15.3. The van der Waals surface area contributed by atoms with Crippen molar-refractivity contribution in [3.8, 4) is 0 Å². The van der Waals surface area contributed by atoms with Gasteiger partial charge in [-0.05, 0) is 108 Å². The summed E-state index contributed by atoms with van der Waals surface area (Å²) in [6.45, 7) is 12.3. The number of allylic oxidation sites excluding steroid dienone is 6. The molecule has 4 rings (SSSR count). The van der Waals surface area contributed by atoms with Gasteiger partial charge in [0.2, 0.25) is 5.79 Å². The standard InChI is InChI=1S/C53H83NO14/c1-32-14-10-9-11-15-33(2)40(30-56)28-42-19-17-38(7)53(64,68-42)50(61)51(62)54-21-13-12-16-43(54)52(63)67-46(35(4)26-39-18-20-45(66-23-22-55)41(27-39)31-57)29-44(58)34(3)25-37(6)48(60)49(65-8)47(59)36(5)24-32/h9-11,14-15,25,32,34-36,38-43,45-46,48-49,55-57,60,64H,12-13,16-24,26-31H2,1-8H3/b11-9+,14-10+,33-15+,37-25+/t32-,34-,35-,36?,38-,39+,40-,41+,42+,43+,45-,46+,48-,49?,53-/m1/s1. The van der Waals surface area contributed by atoms with E-state index in [1.807, 2.05) is 51.2 Å². The second-order valence-electron chi connectivity index (χ2n) is 20.5. The van der Waals surface area contributed by atoms with Crippen LogP contribution in [0.3, 0.4) is 0 Å². The van der Waals surface area contributed by atoms with Crippen molar-refractivity contribution in [1.29, 1.82) is 0 Å². The monoisotopic (exact) mass is 958 g/mol. The third-order valence-electron chi connectivity index (χ3n) is 15.1. The summed E-state index contributed by atoms with van der Waals surface area (Å²) in [4.78, 5) is 72.0. The van der Waals surface area contributed by atoms with Gasteiger partial charge in [0.25, 0.3) is 11.7 Å². The number of hydrogen-bond acceptors (Lipinski definition) is 14. The van der Waals surface area contributed by atoms with Crippen molar-refractivity contribution in [2.75, 3.05) is 40.1 Å². The van der Waals surface area contributed by atoms with Crippen LogP contribution in [0.1, 0.15) is 126 Å². The average Bonchev–Trinajstić information content (AvgIpc) is 3.32. The largest absolute Gasteiger partial charge is 0.460 e. The highest BCUT2D eigenvalue weighted by atomic mass is 16.6. The van der Waals surface area contributed by atoms with Crippen molar-refractivity contribution in [2.24, 2.45) is 47.3 Å². The molecule has 2 unspecified atom stereocenters. The van der Waals surface area contributed by atoms with Crippen molar-refractivity contribution >= 4 is 29.2 Å². The maximum atomic E-state index is 14.4. The van der Waals surface area contributed by atoms with Gasteiger partial charge in [-0.2, -0.15) is 0 Å². The van der Waals surface area contributed by atoms with Crippen molar-refractivity contribution in [3.63, 3.8) is 0 Å². The molecule has 3 fully saturated rings. The van der Waals surface area contributed by atoms with Crippen molar-refractivity contribution in [3.05, 3.63) is 47.6 Å². The summed E-state index contributed by atoms with van der Waals surface area (Å²) in [6, 6.07) is -1.17. The van der Waals surface area contributed by atoms with Crippen LogP contribution in [0, 0.1) is 47.3 Å². The van der Waals surface area contributed by atoms with E-state index in [4.69, 9.17) is 18.9 Å². The lowest BCUT2D eigenvalue weighted by atomic mass is 9.75. The predicted octanol–water partition coefficient (Wildman–Crippen LogP) is 5.38. The number of esters is 1. The summed E-state index contributed by atoms with van der Waals surface area (Å²) in [6.07, 6.45) is 12.0. The lowest BCUT2D eigenvalue weighted by molar-refractivity contribution is -0.265. The Bertz CT molecular complexity index is 1810. The lowest BCUT2D eigenvalue weighted by Gasteiger charge is -2.43. The summed E-state index contributed by atoms with van der Waals surface area (Å²) in [5, 5.41) is 53.4. The maximum Gasteiger partial charge on any atom is 0.329 e. The third-order valence-corrected chi connectivity index (χ3v) is 15.1. The van der Waals surface area contributed by atoms with E-state index in [0.29, 0.717) is 56.9 Å². The molecule has 4 aliphatic rings. The number of cyclic esters (lactones) is 1. The Morgan fingerprint density at radius 3 is 2.29 bits per heavy atom. The first-order chi connectivity index (χ1) is 32.3. The summed E-state index contributed by atoms with van der Waals surface area (Å²) >= 11 is 0. The molecule has 15 nitrogen and oxygen atoms in total. The van der Waals surface area contributed by atoms with Crippen LogP contribution in [0.15, 0.2) is 47.6 Å². The number of aliphatic hydroxyl groups excluding tert-OH is 4. The molecule has 15 atom stereocenters. The Morgan fingerprint density at radius 1 is 0.882 bits per heavy atom. The van der Waals surface area contributed by atoms with E-state index in [-0.39, 0.29) is 99.5 Å². The predicted molar refractivity (Wildman–Crippen MR) is 256 cm³/mol. The van der Waals surface area contributed by atoms with Crippen LogP contribution >= 0.6 is 0 Å². The minimum Gasteiger partial charge on any atom is -0.460 e. The second-order valence-corrected chi connectivity index (χ2v) is 20.5. The Labute approximate surface area is 404 Å². The number of carbonyl (C=O) groups is 5. The fourth-order valence-electron chi connectivity index (χ4n) is 10.7. The molecule has 0 aromatic rings. The minimum absolute atomic E-state index is 0.00442. The van der Waals surface area contributed by atoms with E-state index < -0.39 is 71.7 Å². The van der Waals surface area contributed by atoms with Crippen LogP contribution in [-0.2, 0) is 42.9 Å². The van der Waals surface area contributed by atoms with E-state index in [1.165, 1.54) is 12.0 Å². The molecular weight excluding hydrogens is 875 g/mol. The van der Waals surface area contributed by atoms with Crippen LogP contribution < -0.4 is 0 Å². The van der Waals surface area contributed by atoms with Crippen LogP contribution in [0.4, 0.5) is 0 Å². The lowest BCUT2D eigenvalue weighted by Crippen LogP contribution is -2.60. The Hall–Kier alpha value is -3.41. The van der Waals surface area contributed by atoms with Gasteiger partial charge in [0.1, 0.15) is 30.1 Å². The van der Waals surface area contributed by atoms with Gasteiger partial charge in [0, 0.05) is 62.9 Å². The highest BCUT2D eigenvalue weighted by Crippen LogP contribution is 2.39. The number of aliphatic hydroxyl groups is 5. The van der Waals surface area contributed by atoms with E-state index >= 15 is 0 Å². The van der Waals surface area contributed by atoms with E-state index in [9.17, 15) is 49.5 Å². The van der Waals surface area contributed by atoms with Gasteiger partial charge in [-0.25, -0.2) is 4.79 Å². The number of rotatable bonds is 9. The Morgan fingerprint density at radius 2 is 1.62 bits per heavy atom. The molecule has 5 N–H and O–H groups in total.